The third kappa shape index (κ3) is 3.52. The molecular formula is C23H23ClFN5O3. The Morgan fingerprint density at radius 3 is 2.85 bits per heavy atom. The maximum absolute atomic E-state index is 15.0. The second kappa shape index (κ2) is 8.31. The summed E-state index contributed by atoms with van der Waals surface area (Å²) in [6.45, 7) is 3.93. The van der Waals surface area contributed by atoms with Crippen LogP contribution in [-0.4, -0.2) is 65.0 Å². The fraction of sp³-hybridized carbons (Fsp3) is 0.348. The molecule has 2 aliphatic heterocycles. The monoisotopic (exact) mass is 471 g/mol. The molecule has 0 radical (unpaired) electrons. The van der Waals surface area contributed by atoms with Crippen molar-refractivity contribution in [2.24, 2.45) is 7.05 Å². The Bertz CT molecular complexity index is 1260. The second-order valence-electron chi connectivity index (χ2n) is 8.11. The number of amides is 1. The Kier molecular flexibility index (Phi) is 5.46. The maximum atomic E-state index is 15.0. The SMILES string of the molecule is COc1cccc(F)c1-c1nc(-c2cn(C)nc2C)c2c(c1Cl)OC[C@H]1CNCCN1C2=O. The maximum Gasteiger partial charge on any atom is 0.260 e. The predicted molar refractivity (Wildman–Crippen MR) is 121 cm³/mol. The van der Waals surface area contributed by atoms with Gasteiger partial charge >= 0.3 is 0 Å². The molecule has 1 amide bonds. The van der Waals surface area contributed by atoms with E-state index in [0.29, 0.717) is 36.6 Å². The molecule has 8 nitrogen and oxygen atoms in total. The Labute approximate surface area is 195 Å². The highest BCUT2D eigenvalue weighted by molar-refractivity contribution is 6.35. The van der Waals surface area contributed by atoms with Gasteiger partial charge in [-0.25, -0.2) is 9.37 Å². The van der Waals surface area contributed by atoms with Crippen LogP contribution in [0.3, 0.4) is 0 Å². The van der Waals surface area contributed by atoms with Crippen LogP contribution in [0.25, 0.3) is 22.5 Å². The van der Waals surface area contributed by atoms with Gasteiger partial charge in [-0.15, -0.1) is 0 Å². The van der Waals surface area contributed by atoms with Crippen molar-refractivity contribution in [3.05, 3.63) is 46.5 Å². The number of nitrogens with zero attached hydrogens (tertiary/aromatic N) is 4. The van der Waals surface area contributed by atoms with E-state index in [0.717, 1.165) is 0 Å². The number of methoxy groups -OCH3 is 1. The van der Waals surface area contributed by atoms with Crippen LogP contribution in [0.1, 0.15) is 16.1 Å². The number of benzene rings is 1. The van der Waals surface area contributed by atoms with Crippen molar-refractivity contribution in [1.29, 1.82) is 0 Å². The summed E-state index contributed by atoms with van der Waals surface area (Å²) in [5, 5.41) is 7.77. The number of nitrogens with one attached hydrogen (secondary N) is 1. The average Bonchev–Trinajstić information content (AvgIpc) is 3.07. The lowest BCUT2D eigenvalue weighted by Crippen LogP contribution is -2.54. The number of pyridine rings is 1. The van der Waals surface area contributed by atoms with Crippen LogP contribution in [0, 0.1) is 12.7 Å². The minimum Gasteiger partial charge on any atom is -0.496 e. The first-order valence-electron chi connectivity index (χ1n) is 10.6. The van der Waals surface area contributed by atoms with E-state index in [4.69, 9.17) is 26.1 Å². The molecular weight excluding hydrogens is 449 g/mol. The highest BCUT2D eigenvalue weighted by atomic mass is 35.5. The van der Waals surface area contributed by atoms with Gasteiger partial charge in [0.05, 0.1) is 30.1 Å². The van der Waals surface area contributed by atoms with Crippen LogP contribution in [-0.2, 0) is 7.05 Å². The van der Waals surface area contributed by atoms with Crippen molar-refractivity contribution in [3.8, 4) is 34.0 Å². The molecule has 1 saturated heterocycles. The largest absolute Gasteiger partial charge is 0.496 e. The van der Waals surface area contributed by atoms with Gasteiger partial charge in [0.1, 0.15) is 34.5 Å². The summed E-state index contributed by atoms with van der Waals surface area (Å²) in [5.41, 5.74) is 2.19. The number of aromatic nitrogens is 3. The third-order valence-electron chi connectivity index (χ3n) is 6.04. The summed E-state index contributed by atoms with van der Waals surface area (Å²) >= 11 is 6.78. The zero-order chi connectivity index (χ0) is 23.3. The zero-order valence-corrected chi connectivity index (χ0v) is 19.2. The molecule has 0 aliphatic carbocycles. The molecule has 3 aromatic rings. The highest BCUT2D eigenvalue weighted by Gasteiger charge is 2.38. The number of carbonyl (C=O) groups is 1. The van der Waals surface area contributed by atoms with E-state index in [2.05, 4.69) is 10.4 Å². The molecule has 0 saturated carbocycles. The normalized spacial score (nSPS) is 17.8. The van der Waals surface area contributed by atoms with Gasteiger partial charge in [0, 0.05) is 38.4 Å². The molecule has 5 rings (SSSR count). The van der Waals surface area contributed by atoms with Crippen molar-refractivity contribution in [2.45, 2.75) is 13.0 Å². The third-order valence-corrected chi connectivity index (χ3v) is 6.39. The number of aryl methyl sites for hydroxylation is 2. The van der Waals surface area contributed by atoms with Crippen LogP contribution in [0.2, 0.25) is 5.02 Å². The van der Waals surface area contributed by atoms with Gasteiger partial charge in [-0.3, -0.25) is 9.48 Å². The van der Waals surface area contributed by atoms with Crippen molar-refractivity contribution < 1.29 is 18.7 Å². The number of carbonyl (C=O) groups excluding carboxylic acids is 1. The molecule has 1 fully saturated rings. The number of hydrogen-bond acceptors (Lipinski definition) is 6. The number of ether oxygens (including phenoxy) is 2. The summed E-state index contributed by atoms with van der Waals surface area (Å²) in [4.78, 5) is 20.3. The van der Waals surface area contributed by atoms with Crippen LogP contribution in [0.15, 0.2) is 24.4 Å². The number of fused-ring (bicyclic) bond motifs is 2. The molecule has 0 spiro atoms. The van der Waals surface area contributed by atoms with Crippen molar-refractivity contribution >= 4 is 17.5 Å². The molecule has 0 unspecified atom stereocenters. The number of piperazine rings is 1. The summed E-state index contributed by atoms with van der Waals surface area (Å²) in [5.74, 6) is -0.280. The molecule has 4 heterocycles. The molecule has 1 atom stereocenters. The number of hydrogen-bond donors (Lipinski definition) is 1. The first kappa shape index (κ1) is 21.7. The van der Waals surface area contributed by atoms with Crippen LogP contribution < -0.4 is 14.8 Å². The van der Waals surface area contributed by atoms with E-state index in [9.17, 15) is 4.79 Å². The van der Waals surface area contributed by atoms with Gasteiger partial charge in [-0.05, 0) is 19.1 Å². The lowest BCUT2D eigenvalue weighted by Gasteiger charge is -2.34. The first-order valence-corrected chi connectivity index (χ1v) is 11.0. The lowest BCUT2D eigenvalue weighted by atomic mass is 10.0. The molecule has 33 heavy (non-hydrogen) atoms. The van der Waals surface area contributed by atoms with E-state index in [1.165, 1.54) is 13.2 Å². The van der Waals surface area contributed by atoms with Crippen molar-refractivity contribution in [1.82, 2.24) is 25.0 Å². The fourth-order valence-corrected chi connectivity index (χ4v) is 4.76. The lowest BCUT2D eigenvalue weighted by molar-refractivity contribution is 0.0607. The summed E-state index contributed by atoms with van der Waals surface area (Å²) in [7, 11) is 3.24. The summed E-state index contributed by atoms with van der Waals surface area (Å²) in [6, 6.07) is 4.35. The Morgan fingerprint density at radius 2 is 2.12 bits per heavy atom. The molecule has 172 valence electrons. The number of halogens is 2. The van der Waals surface area contributed by atoms with Gasteiger partial charge in [0.25, 0.3) is 5.91 Å². The topological polar surface area (TPSA) is 81.5 Å². The predicted octanol–water partition coefficient (Wildman–Crippen LogP) is 3.07. The average molecular weight is 472 g/mol. The van der Waals surface area contributed by atoms with E-state index >= 15 is 4.39 Å². The minimum atomic E-state index is -0.542. The molecule has 1 aromatic carbocycles. The van der Waals surface area contributed by atoms with Crippen LogP contribution >= 0.6 is 11.6 Å². The second-order valence-corrected chi connectivity index (χ2v) is 8.49. The molecule has 2 aromatic heterocycles. The van der Waals surface area contributed by atoms with Crippen molar-refractivity contribution in [2.75, 3.05) is 33.4 Å². The summed E-state index contributed by atoms with van der Waals surface area (Å²) in [6.07, 6.45) is 1.78. The van der Waals surface area contributed by atoms with Gasteiger partial charge in [0.2, 0.25) is 0 Å². The number of rotatable bonds is 3. The fourth-order valence-electron chi connectivity index (χ4n) is 4.47. The van der Waals surface area contributed by atoms with E-state index in [1.54, 1.807) is 35.0 Å². The van der Waals surface area contributed by atoms with Gasteiger partial charge < -0.3 is 19.7 Å². The zero-order valence-electron chi connectivity index (χ0n) is 18.5. The summed E-state index contributed by atoms with van der Waals surface area (Å²) < 4.78 is 28.2. The molecule has 10 heteroatoms. The van der Waals surface area contributed by atoms with Crippen LogP contribution in [0.4, 0.5) is 4.39 Å². The standard InChI is InChI=1S/C23H23ClFN5O3/c1-12-14(10-29(2)28-12)20-18-22(33-11-13-9-26-7-8-30(13)23(18)31)19(24)21(27-20)17-15(25)5-4-6-16(17)32-3/h4-6,10,13,26H,7-9,11H2,1-3H3/t13-/m1/s1. The highest BCUT2D eigenvalue weighted by Crippen LogP contribution is 2.46. The van der Waals surface area contributed by atoms with E-state index < -0.39 is 5.82 Å². The van der Waals surface area contributed by atoms with Gasteiger partial charge in [0.15, 0.2) is 5.75 Å². The Hall–Kier alpha value is -3.17. The van der Waals surface area contributed by atoms with Crippen molar-refractivity contribution in [3.63, 3.8) is 0 Å². The molecule has 1 N–H and O–H groups in total. The Morgan fingerprint density at radius 1 is 1.30 bits per heavy atom. The minimum absolute atomic E-state index is 0.0693. The quantitative estimate of drug-likeness (QED) is 0.632. The molecule has 0 bridgehead atoms. The molecule has 2 aliphatic rings. The van der Waals surface area contributed by atoms with E-state index in [1.807, 2.05) is 6.92 Å². The van der Waals surface area contributed by atoms with E-state index in [-0.39, 0.29) is 51.9 Å². The first-order chi connectivity index (χ1) is 15.9. The smallest absolute Gasteiger partial charge is 0.260 e. The van der Waals surface area contributed by atoms with Gasteiger partial charge in [-0.1, -0.05) is 17.7 Å². The van der Waals surface area contributed by atoms with Gasteiger partial charge in [-0.2, -0.15) is 5.10 Å². The Balaban J connectivity index is 1.83. The van der Waals surface area contributed by atoms with Crippen LogP contribution in [0.5, 0.6) is 11.5 Å².